The van der Waals surface area contributed by atoms with Gasteiger partial charge in [-0.25, -0.2) is 0 Å². The van der Waals surface area contributed by atoms with E-state index in [4.69, 9.17) is 20.4 Å². The van der Waals surface area contributed by atoms with E-state index in [2.05, 4.69) is 13.8 Å². The molecule has 33 heavy (non-hydrogen) atoms. The van der Waals surface area contributed by atoms with E-state index in [0.717, 1.165) is 39.9 Å². The van der Waals surface area contributed by atoms with Gasteiger partial charge in [-0.3, -0.25) is 9.59 Å². The fourth-order valence-electron chi connectivity index (χ4n) is 3.17. The van der Waals surface area contributed by atoms with Crippen LogP contribution >= 0.6 is 0 Å². The van der Waals surface area contributed by atoms with Gasteiger partial charge in [0.25, 0.3) is 0 Å². The third-order valence-electron chi connectivity index (χ3n) is 4.99. The Morgan fingerprint density at radius 2 is 0.606 bits per heavy atom. The summed E-state index contributed by atoms with van der Waals surface area (Å²) in [5, 5.41) is 30.8. The molecule has 0 atom stereocenters. The number of unbranched alkanes of at least 4 members (excludes halogenated alkanes) is 16. The van der Waals surface area contributed by atoms with Gasteiger partial charge in [-0.15, -0.1) is 0 Å². The molecule has 0 aromatic rings. The Morgan fingerprint density at radius 1 is 0.424 bits per heavy atom. The Kier molecular flexibility index (Phi) is 58.8. The van der Waals surface area contributed by atoms with Crippen LogP contribution in [0.5, 0.6) is 0 Å². The summed E-state index contributed by atoms with van der Waals surface area (Å²) in [7, 11) is 2.00. The first-order valence-electron chi connectivity index (χ1n) is 12.9. The molecule has 0 aliphatic heterocycles. The predicted octanol–water partition coefficient (Wildman–Crippen LogP) is 7.20. The Morgan fingerprint density at radius 3 is 0.788 bits per heavy atom. The molecule has 0 rings (SSSR count). The average molecular weight is 556 g/mol. The van der Waals surface area contributed by atoms with Gasteiger partial charge in [-0.2, -0.15) is 0 Å². The molecule has 0 amide bonds. The van der Waals surface area contributed by atoms with Crippen LogP contribution in [0.2, 0.25) is 0 Å². The summed E-state index contributed by atoms with van der Waals surface area (Å²) in [4.78, 5) is 20.4. The van der Waals surface area contributed by atoms with Crippen molar-refractivity contribution >= 4 is 11.9 Å². The van der Waals surface area contributed by atoms with Gasteiger partial charge >= 0.3 is 11.9 Å². The Hall–Kier alpha value is -0.257. The van der Waals surface area contributed by atoms with Gasteiger partial charge in [0, 0.05) is 53.3 Å². The Labute approximate surface area is 224 Å². The van der Waals surface area contributed by atoms with Crippen LogP contribution in [0.1, 0.15) is 142 Å². The Balaban J connectivity index is -0.000000134. The number of rotatable bonds is 20. The summed E-state index contributed by atoms with van der Waals surface area (Å²) in [6.07, 6.45) is 23.0. The van der Waals surface area contributed by atoms with Crippen LogP contribution in [-0.4, -0.2) is 46.6 Å². The molecule has 0 aromatic carbocycles. The zero-order valence-corrected chi connectivity index (χ0v) is 24.7. The van der Waals surface area contributed by atoms with E-state index >= 15 is 0 Å². The molecule has 0 heterocycles. The monoisotopic (exact) mass is 554 g/mol. The summed E-state index contributed by atoms with van der Waals surface area (Å²) < 4.78 is 0. The molecule has 0 saturated carbocycles. The average Bonchev–Trinajstić information content (AvgIpc) is 2.79. The number of aliphatic hydroxyl groups is 2. The molecule has 7 heteroatoms. The minimum Gasteiger partial charge on any atom is -0.481 e. The maximum Gasteiger partial charge on any atom is 0.303 e. The van der Waals surface area contributed by atoms with Crippen molar-refractivity contribution in [3.05, 3.63) is 0 Å². The second-order valence-electron chi connectivity index (χ2n) is 7.94. The number of aliphatic hydroxyl groups excluding tert-OH is 2. The fraction of sp³-hybridized carbons (Fsp3) is 0.923. The molecule has 4 N–H and O–H groups in total. The quantitative estimate of drug-likeness (QED) is 0.118. The molecule has 0 spiro atoms. The second-order valence-corrected chi connectivity index (χ2v) is 7.94. The second kappa shape index (κ2) is 45.3. The molecule has 0 radical (unpaired) electrons. The number of carbonyl (C=O) groups is 2. The minimum absolute atomic E-state index is 0. The maximum absolute atomic E-state index is 10.2. The molecule has 6 nitrogen and oxygen atoms in total. The third kappa shape index (κ3) is 59.4. The van der Waals surface area contributed by atoms with Crippen molar-refractivity contribution in [1.29, 1.82) is 0 Å². The van der Waals surface area contributed by atoms with E-state index in [1.165, 1.54) is 89.9 Å². The normalized spacial score (nSPS) is 9.15. The first-order chi connectivity index (χ1) is 15.5. The molecular weight excluding hydrogens is 500 g/mol. The van der Waals surface area contributed by atoms with Gasteiger partial charge in [0.15, 0.2) is 0 Å². The van der Waals surface area contributed by atoms with E-state index in [1.807, 2.05) is 0 Å². The van der Waals surface area contributed by atoms with Gasteiger partial charge < -0.3 is 20.4 Å². The van der Waals surface area contributed by atoms with E-state index in [0.29, 0.717) is 12.8 Å². The van der Waals surface area contributed by atoms with Gasteiger partial charge in [0.2, 0.25) is 0 Å². The first-order valence-corrected chi connectivity index (χ1v) is 12.9. The Bertz CT molecular complexity index is 309. The van der Waals surface area contributed by atoms with Crippen LogP contribution in [-0.2, 0) is 35.8 Å². The van der Waals surface area contributed by atoms with Gasteiger partial charge in [-0.1, -0.05) is 117 Å². The van der Waals surface area contributed by atoms with Crippen molar-refractivity contribution in [3.63, 3.8) is 0 Å². The molecule has 0 fully saturated rings. The number of carboxylic acids is 2. The fourth-order valence-corrected chi connectivity index (χ4v) is 3.17. The van der Waals surface area contributed by atoms with E-state index in [1.54, 1.807) is 0 Å². The smallest absolute Gasteiger partial charge is 0.303 e. The summed E-state index contributed by atoms with van der Waals surface area (Å²) in [5.41, 5.74) is 0. The van der Waals surface area contributed by atoms with Crippen molar-refractivity contribution in [2.24, 2.45) is 0 Å². The van der Waals surface area contributed by atoms with Crippen molar-refractivity contribution in [2.45, 2.75) is 142 Å². The summed E-state index contributed by atoms with van der Waals surface area (Å²) in [6, 6.07) is 0. The van der Waals surface area contributed by atoms with Crippen molar-refractivity contribution in [3.8, 4) is 0 Å². The summed E-state index contributed by atoms with van der Waals surface area (Å²) in [5.74, 6) is -1.32. The van der Waals surface area contributed by atoms with Crippen LogP contribution < -0.4 is 0 Å². The molecule has 0 bridgehead atoms. The number of hydrogen-bond acceptors (Lipinski definition) is 4. The summed E-state index contributed by atoms with van der Waals surface area (Å²) in [6.45, 7) is 4.46. The maximum atomic E-state index is 10.2. The summed E-state index contributed by atoms with van der Waals surface area (Å²) >= 11 is 0. The zero-order valence-electron chi connectivity index (χ0n) is 22.2. The molecule has 0 saturated heterocycles. The van der Waals surface area contributed by atoms with Crippen LogP contribution in [0.4, 0.5) is 0 Å². The van der Waals surface area contributed by atoms with E-state index in [9.17, 15) is 9.59 Å². The van der Waals surface area contributed by atoms with Crippen LogP contribution in [0.25, 0.3) is 0 Å². The topological polar surface area (TPSA) is 115 Å². The largest absolute Gasteiger partial charge is 0.481 e. The van der Waals surface area contributed by atoms with Gasteiger partial charge in [0.05, 0.1) is 0 Å². The first kappa shape index (κ1) is 42.9. The minimum atomic E-state index is -0.659. The molecule has 0 aromatic heterocycles. The molecule has 0 aliphatic rings. The van der Waals surface area contributed by atoms with Gasteiger partial charge in [0.1, 0.15) is 0 Å². The van der Waals surface area contributed by atoms with E-state index in [-0.39, 0.29) is 26.2 Å². The number of carboxylic acid groups (broad SMARTS) is 2. The standard InChI is InChI=1S/2C12H24O2.2CH4O.Zr/c2*1-2-3-4-5-6-7-8-9-10-11-12(13)14;2*1-2;/h2*2-11H2,1H3,(H,13,14);2*2H,1H3;. The van der Waals surface area contributed by atoms with E-state index < -0.39 is 11.9 Å². The van der Waals surface area contributed by atoms with Crippen LogP contribution in [0.3, 0.4) is 0 Å². The van der Waals surface area contributed by atoms with Crippen molar-refractivity contribution in [1.82, 2.24) is 0 Å². The van der Waals surface area contributed by atoms with Gasteiger partial charge in [-0.05, 0) is 12.8 Å². The predicted molar refractivity (Wildman–Crippen MR) is 135 cm³/mol. The third-order valence-corrected chi connectivity index (χ3v) is 4.99. The molecular formula is C26H56O6Zr. The number of aliphatic carboxylic acids is 2. The molecule has 0 aliphatic carbocycles. The van der Waals surface area contributed by atoms with Crippen LogP contribution in [0.15, 0.2) is 0 Å². The zero-order chi connectivity index (χ0) is 25.3. The molecule has 0 unspecified atom stereocenters. The van der Waals surface area contributed by atoms with Crippen molar-refractivity contribution in [2.75, 3.05) is 14.2 Å². The number of hydrogen-bond donors (Lipinski definition) is 4. The molecule has 200 valence electrons. The van der Waals surface area contributed by atoms with Crippen LogP contribution in [0, 0.1) is 0 Å². The van der Waals surface area contributed by atoms with Crippen molar-refractivity contribution < 1.29 is 56.2 Å². The SMILES string of the molecule is CCCCCCCCCCCC(=O)O.CCCCCCCCCCCC(=O)O.CO.CO.[Zr].